The molecule has 10 heteroatoms. The number of amides is 1. The molecule has 1 amide bonds. The highest BCUT2D eigenvalue weighted by molar-refractivity contribution is 7.91. The average molecular weight is 440 g/mol. The van der Waals surface area contributed by atoms with Crippen LogP contribution in [0.2, 0.25) is 0 Å². The van der Waals surface area contributed by atoms with Gasteiger partial charge in [0, 0.05) is 0 Å². The van der Waals surface area contributed by atoms with Crippen molar-refractivity contribution in [3.8, 4) is 11.5 Å². The first-order chi connectivity index (χ1) is 14.9. The molecule has 0 aliphatic carbocycles. The summed E-state index contributed by atoms with van der Waals surface area (Å²) in [5, 5.41) is 8.03. The molecule has 5 heterocycles. The van der Waals surface area contributed by atoms with Crippen LogP contribution in [0.25, 0.3) is 22.5 Å². The van der Waals surface area contributed by atoms with Crippen LogP contribution in [0, 0.1) is 6.92 Å². The first kappa shape index (κ1) is 19.6. The van der Waals surface area contributed by atoms with E-state index in [1.807, 2.05) is 0 Å². The minimum atomic E-state index is -3.11. The molecule has 0 aromatic carbocycles. The molecule has 0 bridgehead atoms. The summed E-state index contributed by atoms with van der Waals surface area (Å²) >= 11 is 0. The number of rotatable bonds is 5. The fourth-order valence-electron chi connectivity index (χ4n) is 3.94. The Bertz CT molecular complexity index is 1350. The zero-order chi connectivity index (χ0) is 21.6. The SMILES string of the molecule is Cc1nn([C@@H]2CCS(=O)(=O)C2)c2nc(-c3ccco3)cc(C(=O)NCc3ccco3)c12. The molecule has 0 spiro atoms. The molecule has 0 unspecified atom stereocenters. The Morgan fingerprint density at radius 3 is 2.74 bits per heavy atom. The van der Waals surface area contributed by atoms with Crippen LogP contribution in [0.5, 0.6) is 0 Å². The zero-order valence-electron chi connectivity index (χ0n) is 16.7. The maximum absolute atomic E-state index is 13.1. The van der Waals surface area contributed by atoms with Crippen molar-refractivity contribution in [3.63, 3.8) is 0 Å². The van der Waals surface area contributed by atoms with Crippen LogP contribution in [0.1, 0.15) is 34.3 Å². The van der Waals surface area contributed by atoms with Crippen LogP contribution >= 0.6 is 0 Å². The van der Waals surface area contributed by atoms with Crippen molar-refractivity contribution in [2.45, 2.75) is 25.9 Å². The summed E-state index contributed by atoms with van der Waals surface area (Å²) in [4.78, 5) is 17.8. The Balaban J connectivity index is 1.62. The Labute approximate surface area is 178 Å². The molecule has 0 radical (unpaired) electrons. The van der Waals surface area contributed by atoms with Gasteiger partial charge in [0.15, 0.2) is 21.2 Å². The van der Waals surface area contributed by atoms with Crippen molar-refractivity contribution < 1.29 is 22.0 Å². The standard InChI is InChI=1S/C21H20N4O5S/c1-13-19-16(21(26)22-11-15-4-2-7-29-15)10-17(18-5-3-8-30-18)23-20(19)25(24-13)14-6-9-31(27,28)12-14/h2-5,7-8,10,14H,6,9,11-12H2,1H3,(H,22,26)/t14-/m1/s1. The molecule has 1 N–H and O–H groups in total. The van der Waals surface area contributed by atoms with Crippen LogP contribution in [0.15, 0.2) is 51.7 Å². The van der Waals surface area contributed by atoms with Gasteiger partial charge in [-0.05, 0) is 43.7 Å². The van der Waals surface area contributed by atoms with Crippen molar-refractivity contribution in [3.05, 3.63) is 59.9 Å². The number of furan rings is 2. The quantitative estimate of drug-likeness (QED) is 0.506. The number of pyridine rings is 1. The predicted molar refractivity (Wildman–Crippen MR) is 112 cm³/mol. The highest BCUT2D eigenvalue weighted by Gasteiger charge is 2.32. The number of nitrogens with one attached hydrogen (secondary N) is 1. The van der Waals surface area contributed by atoms with Gasteiger partial charge in [-0.1, -0.05) is 0 Å². The number of carbonyl (C=O) groups excluding carboxylic acids is 1. The van der Waals surface area contributed by atoms with Gasteiger partial charge in [-0.2, -0.15) is 5.10 Å². The summed E-state index contributed by atoms with van der Waals surface area (Å²) in [6.45, 7) is 2.03. The van der Waals surface area contributed by atoms with E-state index in [0.717, 1.165) is 0 Å². The second kappa shape index (κ2) is 7.38. The van der Waals surface area contributed by atoms with E-state index >= 15 is 0 Å². The second-order valence-corrected chi connectivity index (χ2v) is 9.81. The molecule has 1 atom stereocenters. The number of aromatic nitrogens is 3. The van der Waals surface area contributed by atoms with Crippen LogP contribution in [-0.4, -0.2) is 40.6 Å². The third-order valence-corrected chi connectivity index (χ3v) is 7.16. The van der Waals surface area contributed by atoms with Crippen LogP contribution in [0.4, 0.5) is 0 Å². The van der Waals surface area contributed by atoms with Gasteiger partial charge in [0.05, 0.1) is 53.3 Å². The highest BCUT2D eigenvalue weighted by Crippen LogP contribution is 2.32. The molecule has 160 valence electrons. The van der Waals surface area contributed by atoms with Crippen molar-refractivity contribution in [1.82, 2.24) is 20.1 Å². The molecular weight excluding hydrogens is 420 g/mol. The molecular formula is C21H20N4O5S. The minimum absolute atomic E-state index is 0.00982. The lowest BCUT2D eigenvalue weighted by molar-refractivity contribution is 0.0949. The maximum Gasteiger partial charge on any atom is 0.252 e. The Morgan fingerprint density at radius 1 is 1.26 bits per heavy atom. The summed E-state index contributed by atoms with van der Waals surface area (Å²) in [5.41, 5.74) is 1.95. The molecule has 0 saturated carbocycles. The molecule has 4 aromatic rings. The number of sulfone groups is 1. The van der Waals surface area contributed by atoms with Crippen LogP contribution < -0.4 is 5.32 Å². The van der Waals surface area contributed by atoms with Crippen molar-refractivity contribution in [2.75, 3.05) is 11.5 Å². The fourth-order valence-corrected chi connectivity index (χ4v) is 5.63. The molecule has 1 saturated heterocycles. The molecule has 1 aliphatic heterocycles. The van der Waals surface area contributed by atoms with Gasteiger partial charge in [-0.25, -0.2) is 18.1 Å². The van der Waals surface area contributed by atoms with E-state index in [-0.39, 0.29) is 30.0 Å². The summed E-state index contributed by atoms with van der Waals surface area (Å²) in [6, 6.07) is 8.38. The van der Waals surface area contributed by atoms with Gasteiger partial charge < -0.3 is 14.2 Å². The van der Waals surface area contributed by atoms with E-state index in [1.54, 1.807) is 48.2 Å². The largest absolute Gasteiger partial charge is 0.467 e. The number of nitrogens with zero attached hydrogens (tertiary/aromatic N) is 3. The number of hydrogen-bond acceptors (Lipinski definition) is 7. The van der Waals surface area contributed by atoms with Crippen molar-refractivity contribution in [1.29, 1.82) is 0 Å². The van der Waals surface area contributed by atoms with Gasteiger partial charge in [-0.15, -0.1) is 0 Å². The lowest BCUT2D eigenvalue weighted by Crippen LogP contribution is -2.23. The van der Waals surface area contributed by atoms with E-state index in [2.05, 4.69) is 10.4 Å². The van der Waals surface area contributed by atoms with Crippen LogP contribution in [-0.2, 0) is 16.4 Å². The summed E-state index contributed by atoms with van der Waals surface area (Å²) < 4.78 is 36.5. The number of aryl methyl sites for hydroxylation is 1. The Hall–Kier alpha value is -3.40. The third-order valence-electron chi connectivity index (χ3n) is 5.41. The van der Waals surface area contributed by atoms with E-state index in [1.165, 1.54) is 6.26 Å². The van der Waals surface area contributed by atoms with Crippen LogP contribution in [0.3, 0.4) is 0 Å². The zero-order valence-corrected chi connectivity index (χ0v) is 17.6. The minimum Gasteiger partial charge on any atom is -0.467 e. The monoisotopic (exact) mass is 440 g/mol. The molecule has 31 heavy (non-hydrogen) atoms. The average Bonchev–Trinajstić information content (AvgIpc) is 3.53. The highest BCUT2D eigenvalue weighted by atomic mass is 32.2. The van der Waals surface area contributed by atoms with Crippen molar-refractivity contribution >= 4 is 26.8 Å². The Kier molecular flexibility index (Phi) is 4.66. The maximum atomic E-state index is 13.1. The van der Waals surface area contributed by atoms with Gasteiger partial charge >= 0.3 is 0 Å². The van der Waals surface area contributed by atoms with Crippen molar-refractivity contribution in [2.24, 2.45) is 0 Å². The van der Waals surface area contributed by atoms with E-state index in [0.29, 0.717) is 45.9 Å². The molecule has 9 nitrogen and oxygen atoms in total. The van der Waals surface area contributed by atoms with E-state index < -0.39 is 9.84 Å². The smallest absolute Gasteiger partial charge is 0.252 e. The molecule has 5 rings (SSSR count). The Morgan fingerprint density at radius 2 is 2.06 bits per heavy atom. The molecule has 1 fully saturated rings. The summed E-state index contributed by atoms with van der Waals surface area (Å²) in [5.74, 6) is 0.959. The topological polar surface area (TPSA) is 120 Å². The van der Waals surface area contributed by atoms with Gasteiger partial charge in [0.2, 0.25) is 0 Å². The van der Waals surface area contributed by atoms with Gasteiger partial charge in [0.1, 0.15) is 11.5 Å². The van der Waals surface area contributed by atoms with Gasteiger partial charge in [-0.3, -0.25) is 4.79 Å². The van der Waals surface area contributed by atoms with E-state index in [9.17, 15) is 13.2 Å². The molecule has 1 aliphatic rings. The number of carbonyl (C=O) groups is 1. The predicted octanol–water partition coefficient (Wildman–Crippen LogP) is 2.88. The number of hydrogen-bond donors (Lipinski definition) is 1. The lowest BCUT2D eigenvalue weighted by atomic mass is 10.1. The normalized spacial score (nSPS) is 17.9. The lowest BCUT2D eigenvalue weighted by Gasteiger charge is -2.11. The molecule has 4 aromatic heterocycles. The fraction of sp³-hybridized carbons (Fsp3) is 0.286. The van der Waals surface area contributed by atoms with E-state index in [4.69, 9.17) is 13.8 Å². The first-order valence-corrected chi connectivity index (χ1v) is 11.7. The van der Waals surface area contributed by atoms with Gasteiger partial charge in [0.25, 0.3) is 5.91 Å². The third kappa shape index (κ3) is 3.63. The first-order valence-electron chi connectivity index (χ1n) is 9.86. The second-order valence-electron chi connectivity index (χ2n) is 7.58. The summed E-state index contributed by atoms with van der Waals surface area (Å²) in [6.07, 6.45) is 3.54. The summed E-state index contributed by atoms with van der Waals surface area (Å²) in [7, 11) is -3.11. The number of fused-ring (bicyclic) bond motifs is 1.